The molecular weight excluding hydrogens is 310 g/mol. The molecule has 0 saturated carbocycles. The van der Waals surface area contributed by atoms with E-state index >= 15 is 0 Å². The molecule has 0 bridgehead atoms. The van der Waals surface area contributed by atoms with Crippen LogP contribution in [0, 0.1) is 6.92 Å². The molecule has 2 N–H and O–H groups in total. The Morgan fingerprint density at radius 1 is 0.880 bits per heavy atom. The summed E-state index contributed by atoms with van der Waals surface area (Å²) in [5, 5.41) is 14.1. The molecule has 3 rings (SSSR count). The Kier molecular flexibility index (Phi) is 4.96. The van der Waals surface area contributed by atoms with Crippen LogP contribution in [-0.4, -0.2) is 11.0 Å². The lowest BCUT2D eigenvalue weighted by Gasteiger charge is -2.28. The normalized spacial score (nSPS) is 13.0. The number of benzene rings is 3. The standard InChI is InChI=1S/C22H21NO2/c1-17-12-14-18(15-13-17)16-22(25,19-8-4-2-5-9-19)21(24)23-20-10-6-3-7-11-20/h2-15,25H,16H2,1H3,(H,23,24)/t22-/m0/s1. The van der Waals surface area contributed by atoms with Crippen molar-refractivity contribution in [3.05, 3.63) is 102 Å². The lowest BCUT2D eigenvalue weighted by atomic mass is 9.86. The van der Waals surface area contributed by atoms with Gasteiger partial charge in [-0.2, -0.15) is 0 Å². The topological polar surface area (TPSA) is 49.3 Å². The molecule has 0 heterocycles. The van der Waals surface area contributed by atoms with E-state index in [1.54, 1.807) is 24.3 Å². The van der Waals surface area contributed by atoms with Crippen molar-refractivity contribution in [1.29, 1.82) is 0 Å². The van der Waals surface area contributed by atoms with E-state index < -0.39 is 11.5 Å². The highest BCUT2D eigenvalue weighted by molar-refractivity contribution is 5.98. The summed E-state index contributed by atoms with van der Waals surface area (Å²) in [5.74, 6) is -0.439. The number of hydrogen-bond acceptors (Lipinski definition) is 2. The lowest BCUT2D eigenvalue weighted by Crippen LogP contribution is -2.42. The van der Waals surface area contributed by atoms with Crippen LogP contribution in [0.15, 0.2) is 84.9 Å². The first-order valence-electron chi connectivity index (χ1n) is 8.28. The van der Waals surface area contributed by atoms with Crippen LogP contribution < -0.4 is 5.32 Å². The summed E-state index contributed by atoms with van der Waals surface area (Å²) in [6, 6.07) is 26.1. The number of anilines is 1. The van der Waals surface area contributed by atoms with Crippen LogP contribution in [0.5, 0.6) is 0 Å². The van der Waals surface area contributed by atoms with Crippen LogP contribution in [0.1, 0.15) is 16.7 Å². The number of amides is 1. The highest BCUT2D eigenvalue weighted by Gasteiger charge is 2.38. The van der Waals surface area contributed by atoms with Crippen molar-refractivity contribution < 1.29 is 9.90 Å². The van der Waals surface area contributed by atoms with Crippen molar-refractivity contribution >= 4 is 11.6 Å². The number of para-hydroxylation sites is 1. The van der Waals surface area contributed by atoms with Gasteiger partial charge >= 0.3 is 0 Å². The van der Waals surface area contributed by atoms with Crippen LogP contribution in [0.25, 0.3) is 0 Å². The van der Waals surface area contributed by atoms with E-state index in [0.29, 0.717) is 11.3 Å². The molecule has 0 aromatic heterocycles. The minimum absolute atomic E-state index is 0.204. The van der Waals surface area contributed by atoms with E-state index in [-0.39, 0.29) is 6.42 Å². The zero-order valence-corrected chi connectivity index (χ0v) is 14.1. The van der Waals surface area contributed by atoms with E-state index in [1.807, 2.05) is 67.6 Å². The van der Waals surface area contributed by atoms with Gasteiger partial charge in [-0.25, -0.2) is 0 Å². The van der Waals surface area contributed by atoms with Crippen molar-refractivity contribution in [2.75, 3.05) is 5.32 Å². The Balaban J connectivity index is 1.94. The van der Waals surface area contributed by atoms with Crippen LogP contribution in [0.3, 0.4) is 0 Å². The maximum absolute atomic E-state index is 12.9. The monoisotopic (exact) mass is 331 g/mol. The molecule has 0 radical (unpaired) electrons. The molecule has 0 aliphatic heterocycles. The third kappa shape index (κ3) is 3.95. The molecule has 0 spiro atoms. The summed E-state index contributed by atoms with van der Waals surface area (Å²) in [4.78, 5) is 12.9. The molecule has 1 atom stereocenters. The smallest absolute Gasteiger partial charge is 0.261 e. The zero-order valence-electron chi connectivity index (χ0n) is 14.1. The van der Waals surface area contributed by atoms with Gasteiger partial charge in [0.1, 0.15) is 0 Å². The van der Waals surface area contributed by atoms with Crippen LogP contribution in [-0.2, 0) is 16.8 Å². The van der Waals surface area contributed by atoms with E-state index in [4.69, 9.17) is 0 Å². The third-order valence-corrected chi connectivity index (χ3v) is 4.24. The summed E-state index contributed by atoms with van der Waals surface area (Å²) in [6.45, 7) is 2.01. The first-order valence-corrected chi connectivity index (χ1v) is 8.28. The largest absolute Gasteiger partial charge is 0.375 e. The minimum Gasteiger partial charge on any atom is -0.375 e. The number of aryl methyl sites for hydroxylation is 1. The quantitative estimate of drug-likeness (QED) is 0.740. The van der Waals surface area contributed by atoms with Gasteiger partial charge in [-0.05, 0) is 30.2 Å². The van der Waals surface area contributed by atoms with Gasteiger partial charge in [0, 0.05) is 12.1 Å². The van der Waals surface area contributed by atoms with E-state index in [9.17, 15) is 9.90 Å². The molecule has 126 valence electrons. The minimum atomic E-state index is -1.65. The fraction of sp³-hybridized carbons (Fsp3) is 0.136. The summed E-state index contributed by atoms with van der Waals surface area (Å²) >= 11 is 0. The molecule has 0 saturated heterocycles. The lowest BCUT2D eigenvalue weighted by molar-refractivity contribution is -0.135. The molecule has 0 fully saturated rings. The van der Waals surface area contributed by atoms with Gasteiger partial charge in [-0.1, -0.05) is 78.4 Å². The number of aliphatic hydroxyl groups is 1. The first kappa shape index (κ1) is 16.9. The van der Waals surface area contributed by atoms with Crippen molar-refractivity contribution in [3.63, 3.8) is 0 Å². The number of rotatable bonds is 5. The first-order chi connectivity index (χ1) is 12.1. The second-order valence-corrected chi connectivity index (χ2v) is 6.21. The average molecular weight is 331 g/mol. The highest BCUT2D eigenvalue weighted by atomic mass is 16.3. The fourth-order valence-corrected chi connectivity index (χ4v) is 2.78. The van der Waals surface area contributed by atoms with E-state index in [2.05, 4.69) is 5.32 Å². The maximum atomic E-state index is 12.9. The Morgan fingerprint density at radius 2 is 1.44 bits per heavy atom. The number of carbonyl (C=O) groups is 1. The Labute approximate surface area is 148 Å². The second kappa shape index (κ2) is 7.32. The van der Waals surface area contributed by atoms with Gasteiger partial charge in [0.25, 0.3) is 5.91 Å². The molecular formula is C22H21NO2. The predicted octanol–water partition coefficient (Wildman–Crippen LogP) is 4.06. The summed E-state index contributed by atoms with van der Waals surface area (Å²) in [7, 11) is 0. The van der Waals surface area contributed by atoms with Crippen molar-refractivity contribution in [2.24, 2.45) is 0 Å². The zero-order chi connectivity index (χ0) is 17.7. The second-order valence-electron chi connectivity index (χ2n) is 6.21. The molecule has 25 heavy (non-hydrogen) atoms. The number of carbonyl (C=O) groups excluding carboxylic acids is 1. The molecule has 3 nitrogen and oxygen atoms in total. The van der Waals surface area contributed by atoms with E-state index in [1.165, 1.54) is 0 Å². The molecule has 3 aromatic rings. The Hall–Kier alpha value is -2.91. The Bertz CT molecular complexity index is 829. The van der Waals surface area contributed by atoms with Gasteiger partial charge in [0.2, 0.25) is 0 Å². The Morgan fingerprint density at radius 3 is 2.04 bits per heavy atom. The number of hydrogen-bond donors (Lipinski definition) is 2. The van der Waals surface area contributed by atoms with E-state index in [0.717, 1.165) is 11.1 Å². The highest BCUT2D eigenvalue weighted by Crippen LogP contribution is 2.28. The van der Waals surface area contributed by atoms with Gasteiger partial charge in [-0.15, -0.1) is 0 Å². The summed E-state index contributed by atoms with van der Waals surface area (Å²) in [5.41, 5.74) is 1.63. The SMILES string of the molecule is Cc1ccc(C[C@@](O)(C(=O)Nc2ccccc2)c2ccccc2)cc1. The molecule has 0 aliphatic carbocycles. The van der Waals surface area contributed by atoms with Crippen LogP contribution >= 0.6 is 0 Å². The molecule has 1 amide bonds. The molecule has 0 unspecified atom stereocenters. The van der Waals surface area contributed by atoms with Gasteiger partial charge in [-0.3, -0.25) is 4.79 Å². The van der Waals surface area contributed by atoms with Gasteiger partial charge in [0.15, 0.2) is 5.60 Å². The van der Waals surface area contributed by atoms with Crippen molar-refractivity contribution in [1.82, 2.24) is 0 Å². The molecule has 3 aromatic carbocycles. The maximum Gasteiger partial charge on any atom is 0.261 e. The van der Waals surface area contributed by atoms with Gasteiger partial charge in [0.05, 0.1) is 0 Å². The molecule has 3 heteroatoms. The van der Waals surface area contributed by atoms with Crippen molar-refractivity contribution in [2.45, 2.75) is 18.9 Å². The van der Waals surface area contributed by atoms with Gasteiger partial charge < -0.3 is 10.4 Å². The summed E-state index contributed by atoms with van der Waals surface area (Å²) < 4.78 is 0. The van der Waals surface area contributed by atoms with Crippen LogP contribution in [0.2, 0.25) is 0 Å². The van der Waals surface area contributed by atoms with Crippen molar-refractivity contribution in [3.8, 4) is 0 Å². The predicted molar refractivity (Wildman–Crippen MR) is 100 cm³/mol. The average Bonchev–Trinajstić information content (AvgIpc) is 2.65. The fourth-order valence-electron chi connectivity index (χ4n) is 2.78. The van der Waals surface area contributed by atoms with Crippen LogP contribution in [0.4, 0.5) is 5.69 Å². The number of nitrogens with one attached hydrogen (secondary N) is 1. The summed E-state index contributed by atoms with van der Waals surface area (Å²) in [6.07, 6.45) is 0.204. The third-order valence-electron chi connectivity index (χ3n) is 4.24. The molecule has 0 aliphatic rings.